The molecule has 0 aliphatic carbocycles. The van der Waals surface area contributed by atoms with Crippen molar-refractivity contribution in [1.29, 1.82) is 0 Å². The molecule has 0 radical (unpaired) electrons. The van der Waals surface area contributed by atoms with Gasteiger partial charge in [-0.05, 0) is 0 Å². The summed E-state index contributed by atoms with van der Waals surface area (Å²) in [7, 11) is 1.26. The zero-order valence-corrected chi connectivity index (χ0v) is 14.4. The van der Waals surface area contributed by atoms with E-state index in [9.17, 15) is 4.79 Å². The lowest BCUT2D eigenvalue weighted by atomic mass is 10.3. The second kappa shape index (κ2) is 6.99. The van der Waals surface area contributed by atoms with Crippen molar-refractivity contribution >= 4 is 75.6 Å². The van der Waals surface area contributed by atoms with Crippen LogP contribution in [-0.2, 0) is 23.5 Å². The van der Waals surface area contributed by atoms with Gasteiger partial charge in [0.1, 0.15) is 5.82 Å². The van der Waals surface area contributed by atoms with E-state index >= 15 is 0 Å². The third-order valence-corrected chi connectivity index (χ3v) is 2.98. The van der Waals surface area contributed by atoms with Gasteiger partial charge in [-0.2, -0.15) is 0 Å². The van der Waals surface area contributed by atoms with Crippen molar-refractivity contribution < 1.29 is 9.53 Å². The molecule has 0 amide bonds. The molecule has 0 unspecified atom stereocenters. The first-order valence-corrected chi connectivity index (χ1v) is 7.27. The van der Waals surface area contributed by atoms with E-state index in [-0.39, 0.29) is 30.3 Å². The van der Waals surface area contributed by atoms with Gasteiger partial charge in [-0.15, -0.1) is 0 Å². The van der Waals surface area contributed by atoms with E-state index in [4.69, 9.17) is 69.6 Å². The fourth-order valence-electron chi connectivity index (χ4n) is 1.10. The molecule has 11 heteroatoms. The zero-order chi connectivity index (χ0) is 15.6. The van der Waals surface area contributed by atoms with Gasteiger partial charge >= 0.3 is 5.97 Å². The second-order valence-corrected chi connectivity index (χ2v) is 8.03. The number of hydrogen-bond donors (Lipinski definition) is 0. The Morgan fingerprint density at radius 3 is 1.80 bits per heavy atom. The monoisotopic (exact) mass is 399 g/mol. The fourth-order valence-corrected chi connectivity index (χ4v) is 1.61. The lowest BCUT2D eigenvalue weighted by Gasteiger charge is -2.15. The van der Waals surface area contributed by atoms with Crippen molar-refractivity contribution in [2.24, 2.45) is 0 Å². The van der Waals surface area contributed by atoms with Gasteiger partial charge in [0, 0.05) is 6.42 Å². The smallest absolute Gasteiger partial charge is 0.305 e. The molecule has 1 heterocycles. The molecule has 0 spiro atoms. The Balaban J connectivity index is 3.14. The molecular formula is C9H7Cl6N3O2. The van der Waals surface area contributed by atoms with E-state index in [1.165, 1.54) is 7.11 Å². The van der Waals surface area contributed by atoms with Gasteiger partial charge in [-0.25, -0.2) is 15.0 Å². The summed E-state index contributed by atoms with van der Waals surface area (Å²) < 4.78 is 0.682. The number of methoxy groups -OCH3 is 1. The van der Waals surface area contributed by atoms with Gasteiger partial charge in [-0.3, -0.25) is 4.79 Å². The molecule has 0 aliphatic rings. The van der Waals surface area contributed by atoms with Gasteiger partial charge in [-0.1, -0.05) is 69.6 Å². The summed E-state index contributed by atoms with van der Waals surface area (Å²) in [4.78, 5) is 22.7. The van der Waals surface area contributed by atoms with Crippen molar-refractivity contribution in [1.82, 2.24) is 15.0 Å². The number of rotatable bonds is 3. The molecule has 0 fully saturated rings. The van der Waals surface area contributed by atoms with Crippen molar-refractivity contribution in [3.63, 3.8) is 0 Å². The van der Waals surface area contributed by atoms with Gasteiger partial charge < -0.3 is 4.74 Å². The highest BCUT2D eigenvalue weighted by Gasteiger charge is 2.33. The highest BCUT2D eigenvalue weighted by Crippen LogP contribution is 2.39. The Hall–Kier alpha value is 0.220. The zero-order valence-electron chi connectivity index (χ0n) is 9.84. The molecule has 20 heavy (non-hydrogen) atoms. The summed E-state index contributed by atoms with van der Waals surface area (Å²) in [6.45, 7) is 0. The first-order valence-electron chi connectivity index (χ1n) is 5.00. The molecule has 1 rings (SSSR count). The van der Waals surface area contributed by atoms with Crippen molar-refractivity contribution in [3.05, 3.63) is 17.5 Å². The van der Waals surface area contributed by atoms with E-state index in [1.807, 2.05) is 0 Å². The van der Waals surface area contributed by atoms with Gasteiger partial charge in [0.25, 0.3) is 0 Å². The van der Waals surface area contributed by atoms with Crippen LogP contribution in [0.2, 0.25) is 0 Å². The summed E-state index contributed by atoms with van der Waals surface area (Å²) >= 11 is 34.2. The molecule has 0 aliphatic heterocycles. The third-order valence-electron chi connectivity index (χ3n) is 1.97. The van der Waals surface area contributed by atoms with Crippen LogP contribution in [0.25, 0.3) is 0 Å². The van der Waals surface area contributed by atoms with Crippen molar-refractivity contribution in [2.75, 3.05) is 7.11 Å². The van der Waals surface area contributed by atoms with Crippen LogP contribution in [0.15, 0.2) is 0 Å². The molecule has 5 nitrogen and oxygen atoms in total. The predicted octanol–water partition coefficient (Wildman–Crippen LogP) is 3.63. The van der Waals surface area contributed by atoms with Gasteiger partial charge in [0.2, 0.25) is 7.59 Å². The minimum atomic E-state index is -1.91. The highest BCUT2D eigenvalue weighted by molar-refractivity contribution is 6.67. The Morgan fingerprint density at radius 1 is 1.00 bits per heavy atom. The number of carbonyl (C=O) groups excluding carboxylic acids is 1. The maximum Gasteiger partial charge on any atom is 0.305 e. The lowest BCUT2D eigenvalue weighted by Crippen LogP contribution is -2.18. The van der Waals surface area contributed by atoms with Crippen LogP contribution in [0.1, 0.15) is 23.9 Å². The van der Waals surface area contributed by atoms with Crippen LogP contribution in [-0.4, -0.2) is 28.0 Å². The van der Waals surface area contributed by atoms with E-state index in [1.54, 1.807) is 0 Å². The Morgan fingerprint density at radius 2 is 1.45 bits per heavy atom. The summed E-state index contributed by atoms with van der Waals surface area (Å²) in [5.41, 5.74) is 0. The number of aryl methyl sites for hydroxylation is 1. The number of halogens is 6. The van der Waals surface area contributed by atoms with E-state index < -0.39 is 13.6 Å². The number of carbonyl (C=O) groups is 1. The maximum absolute atomic E-state index is 11.1. The molecular weight excluding hydrogens is 395 g/mol. The van der Waals surface area contributed by atoms with Crippen LogP contribution in [0.3, 0.4) is 0 Å². The topological polar surface area (TPSA) is 65.0 Å². The van der Waals surface area contributed by atoms with Crippen LogP contribution in [0.5, 0.6) is 0 Å². The largest absolute Gasteiger partial charge is 0.469 e. The predicted molar refractivity (Wildman–Crippen MR) is 78.6 cm³/mol. The quantitative estimate of drug-likeness (QED) is 0.571. The summed E-state index contributed by atoms with van der Waals surface area (Å²) in [5.74, 6) is -0.693. The molecule has 0 saturated heterocycles. The molecule has 0 bridgehead atoms. The average Bonchev–Trinajstić information content (AvgIpc) is 2.33. The molecule has 112 valence electrons. The Labute approximate surface area is 144 Å². The molecule has 1 aromatic rings. The Kier molecular flexibility index (Phi) is 6.38. The summed E-state index contributed by atoms with van der Waals surface area (Å²) in [6.07, 6.45) is 0.149. The molecule has 0 atom stereocenters. The maximum atomic E-state index is 11.1. The first kappa shape index (κ1) is 18.3. The third kappa shape index (κ3) is 5.54. The number of nitrogens with zero attached hydrogens (tertiary/aromatic N) is 3. The Bertz CT molecular complexity index is 467. The molecule has 0 aromatic carbocycles. The SMILES string of the molecule is COC(=O)CCc1nc(C(Cl)(Cl)Cl)nc(C(Cl)(Cl)Cl)n1. The standard InChI is InChI=1S/C9H7Cl6N3O2/c1-20-5(19)3-2-4-16-6(8(10,11)12)18-7(17-4)9(13,14)15/h2-3H2,1H3. The summed E-state index contributed by atoms with van der Waals surface area (Å²) in [6, 6.07) is 0. The number of alkyl halides is 6. The minimum absolute atomic E-state index is 0.0269. The van der Waals surface area contributed by atoms with Crippen LogP contribution in [0, 0.1) is 0 Å². The summed E-state index contributed by atoms with van der Waals surface area (Å²) in [5, 5.41) is 0. The van der Waals surface area contributed by atoms with Crippen LogP contribution >= 0.6 is 69.6 Å². The first-order chi connectivity index (χ1) is 9.04. The second-order valence-electron chi connectivity index (χ2n) is 3.47. The number of aromatic nitrogens is 3. The van der Waals surface area contributed by atoms with E-state index in [0.717, 1.165) is 0 Å². The normalized spacial score (nSPS) is 12.3. The number of hydrogen-bond acceptors (Lipinski definition) is 5. The molecule has 0 N–H and O–H groups in total. The van der Waals surface area contributed by atoms with Crippen molar-refractivity contribution in [2.45, 2.75) is 20.4 Å². The fraction of sp³-hybridized carbons (Fsp3) is 0.556. The van der Waals surface area contributed by atoms with Gasteiger partial charge in [0.15, 0.2) is 11.6 Å². The van der Waals surface area contributed by atoms with Gasteiger partial charge in [0.05, 0.1) is 13.5 Å². The molecule has 1 aromatic heterocycles. The molecule has 0 saturated carbocycles. The van der Waals surface area contributed by atoms with Crippen molar-refractivity contribution in [3.8, 4) is 0 Å². The van der Waals surface area contributed by atoms with Crippen LogP contribution in [0.4, 0.5) is 0 Å². The average molecular weight is 402 g/mol. The minimum Gasteiger partial charge on any atom is -0.469 e. The lowest BCUT2D eigenvalue weighted by molar-refractivity contribution is -0.140. The van der Waals surface area contributed by atoms with Crippen LogP contribution < -0.4 is 0 Å². The number of esters is 1. The van der Waals surface area contributed by atoms with E-state index in [0.29, 0.717) is 0 Å². The highest BCUT2D eigenvalue weighted by atomic mass is 35.6. The number of ether oxygens (including phenoxy) is 1. The van der Waals surface area contributed by atoms with E-state index in [2.05, 4.69) is 19.7 Å².